The van der Waals surface area contributed by atoms with Crippen LogP contribution >= 0.6 is 0 Å². The predicted molar refractivity (Wildman–Crippen MR) is 60.3 cm³/mol. The third-order valence-electron chi connectivity index (χ3n) is 2.96. The van der Waals surface area contributed by atoms with Gasteiger partial charge in [0.15, 0.2) is 0 Å². The molecule has 144 valence electrons. The van der Waals surface area contributed by atoms with Crippen LogP contribution in [0.2, 0.25) is 0 Å². The molecule has 1 unspecified atom stereocenters. The SMILES string of the molecule is COC(CCN(C)C)(C(F)(F)F)C(F)(F)C(F)(F)OC(F)=C(F)F. The predicted octanol–water partition coefficient (Wildman–Crippen LogP) is 4.17. The Hall–Kier alpha value is -1.24. The summed E-state index contributed by atoms with van der Waals surface area (Å²) < 4.78 is 136. The minimum Gasteiger partial charge on any atom is -0.398 e. The standard InChI is InChI=1S/C11H13F10NO2/c1-22(2)5-4-8(23-3,10(17,18)19)9(15,16)11(20,21)24-7(14)6(12)13/h4-5H2,1-3H3. The van der Waals surface area contributed by atoms with Gasteiger partial charge in [0.05, 0.1) is 0 Å². The molecule has 0 heterocycles. The number of alkyl halides is 7. The first-order chi connectivity index (χ1) is 10.6. The molecule has 13 heteroatoms. The van der Waals surface area contributed by atoms with Gasteiger partial charge in [0.2, 0.25) is 5.60 Å². The lowest BCUT2D eigenvalue weighted by atomic mass is 9.89. The largest absolute Gasteiger partial charge is 0.469 e. The van der Waals surface area contributed by atoms with Crippen LogP contribution in [0.15, 0.2) is 12.1 Å². The Kier molecular flexibility index (Phi) is 6.95. The van der Waals surface area contributed by atoms with Crippen molar-refractivity contribution >= 4 is 0 Å². The van der Waals surface area contributed by atoms with E-state index in [0.29, 0.717) is 0 Å². The molecule has 0 rings (SSSR count). The van der Waals surface area contributed by atoms with E-state index in [1.807, 2.05) is 0 Å². The molecule has 0 saturated heterocycles. The maximum Gasteiger partial charge on any atom is 0.469 e. The van der Waals surface area contributed by atoms with Crippen LogP contribution in [0.25, 0.3) is 0 Å². The molecule has 0 saturated carbocycles. The first-order valence-electron chi connectivity index (χ1n) is 5.97. The summed E-state index contributed by atoms with van der Waals surface area (Å²) in [5.74, 6) is -6.24. The molecule has 0 radical (unpaired) electrons. The van der Waals surface area contributed by atoms with Crippen LogP contribution in [0.3, 0.4) is 0 Å². The summed E-state index contributed by atoms with van der Waals surface area (Å²) in [7, 11) is 2.39. The van der Waals surface area contributed by atoms with Gasteiger partial charge in [0, 0.05) is 20.1 Å². The van der Waals surface area contributed by atoms with Crippen molar-refractivity contribution < 1.29 is 53.4 Å². The van der Waals surface area contributed by atoms with E-state index in [0.717, 1.165) is 19.0 Å². The summed E-state index contributed by atoms with van der Waals surface area (Å²) in [6, 6.07) is -3.43. The van der Waals surface area contributed by atoms with E-state index < -0.39 is 48.9 Å². The second-order valence-corrected chi connectivity index (χ2v) is 4.81. The molecule has 0 aromatic rings. The summed E-state index contributed by atoms with van der Waals surface area (Å²) in [6.07, 6.45) is -17.6. The lowest BCUT2D eigenvalue weighted by Crippen LogP contribution is -2.68. The van der Waals surface area contributed by atoms with Gasteiger partial charge >= 0.3 is 30.3 Å². The minimum atomic E-state index is -6.28. The molecule has 3 nitrogen and oxygen atoms in total. The Labute approximate surface area is 129 Å². The summed E-state index contributed by atoms with van der Waals surface area (Å²) in [4.78, 5) is 0.955. The number of methoxy groups -OCH3 is 1. The smallest absolute Gasteiger partial charge is 0.398 e. The molecule has 0 fully saturated rings. The molecule has 0 amide bonds. The molecule has 0 aromatic heterocycles. The van der Waals surface area contributed by atoms with Gasteiger partial charge in [-0.25, -0.2) is 0 Å². The first-order valence-corrected chi connectivity index (χ1v) is 5.97. The molecule has 1 atom stereocenters. The lowest BCUT2D eigenvalue weighted by Gasteiger charge is -2.42. The van der Waals surface area contributed by atoms with E-state index in [-0.39, 0.29) is 7.11 Å². The Morgan fingerprint density at radius 2 is 1.38 bits per heavy atom. The first kappa shape index (κ1) is 22.8. The van der Waals surface area contributed by atoms with Crippen molar-refractivity contribution in [1.29, 1.82) is 0 Å². The van der Waals surface area contributed by atoms with Gasteiger partial charge in [-0.1, -0.05) is 0 Å². The Morgan fingerprint density at radius 1 is 0.917 bits per heavy atom. The average Bonchev–Trinajstić information content (AvgIpc) is 2.36. The quantitative estimate of drug-likeness (QED) is 0.466. The van der Waals surface area contributed by atoms with E-state index in [9.17, 15) is 43.9 Å². The Morgan fingerprint density at radius 3 is 1.67 bits per heavy atom. The maximum atomic E-state index is 13.9. The van der Waals surface area contributed by atoms with Gasteiger partial charge in [0.25, 0.3) is 0 Å². The fourth-order valence-electron chi connectivity index (χ4n) is 1.65. The van der Waals surface area contributed by atoms with Crippen LogP contribution in [0.4, 0.5) is 43.9 Å². The fraction of sp³-hybridized carbons (Fsp3) is 0.818. The minimum absolute atomic E-state index is 0.0784. The summed E-state index contributed by atoms with van der Waals surface area (Å²) in [6.45, 7) is -0.797. The molecular formula is C11H13F10NO2. The molecule has 0 N–H and O–H groups in total. The second kappa shape index (κ2) is 7.33. The van der Waals surface area contributed by atoms with Gasteiger partial charge in [-0.05, 0) is 14.1 Å². The molecule has 0 aromatic carbocycles. The van der Waals surface area contributed by atoms with Crippen molar-refractivity contribution in [3.05, 3.63) is 12.1 Å². The monoisotopic (exact) mass is 381 g/mol. The lowest BCUT2D eigenvalue weighted by molar-refractivity contribution is -0.431. The molecular weight excluding hydrogens is 368 g/mol. The number of hydrogen-bond acceptors (Lipinski definition) is 3. The molecule has 0 spiro atoms. The van der Waals surface area contributed by atoms with Crippen molar-refractivity contribution in [3.8, 4) is 0 Å². The number of hydrogen-bond donors (Lipinski definition) is 0. The highest BCUT2D eigenvalue weighted by Gasteiger charge is 2.81. The second-order valence-electron chi connectivity index (χ2n) is 4.81. The zero-order chi connectivity index (χ0) is 19.6. The van der Waals surface area contributed by atoms with Gasteiger partial charge in [-0.2, -0.15) is 43.9 Å². The zero-order valence-corrected chi connectivity index (χ0v) is 12.5. The van der Waals surface area contributed by atoms with E-state index in [2.05, 4.69) is 9.47 Å². The van der Waals surface area contributed by atoms with Gasteiger partial charge in [-0.3, -0.25) is 0 Å². The van der Waals surface area contributed by atoms with Crippen molar-refractivity contribution in [2.45, 2.75) is 30.2 Å². The van der Waals surface area contributed by atoms with Gasteiger partial charge < -0.3 is 14.4 Å². The highest BCUT2D eigenvalue weighted by Crippen LogP contribution is 2.54. The Bertz CT molecular complexity index is 458. The number of ether oxygens (including phenoxy) is 2. The average molecular weight is 381 g/mol. The highest BCUT2D eigenvalue weighted by molar-refractivity contribution is 5.06. The topological polar surface area (TPSA) is 21.7 Å². The highest BCUT2D eigenvalue weighted by atomic mass is 19.4. The van der Waals surface area contributed by atoms with Gasteiger partial charge in [-0.15, -0.1) is 0 Å². The van der Waals surface area contributed by atoms with Crippen LogP contribution in [-0.4, -0.2) is 56.5 Å². The third-order valence-corrected chi connectivity index (χ3v) is 2.96. The van der Waals surface area contributed by atoms with E-state index in [4.69, 9.17) is 0 Å². The molecule has 0 aliphatic heterocycles. The molecule has 0 bridgehead atoms. The summed E-state index contributed by atoms with van der Waals surface area (Å²) in [5, 5.41) is 0. The van der Waals surface area contributed by atoms with Crippen LogP contribution in [0.5, 0.6) is 0 Å². The zero-order valence-electron chi connectivity index (χ0n) is 12.5. The van der Waals surface area contributed by atoms with Crippen LogP contribution in [-0.2, 0) is 9.47 Å². The molecule has 0 aliphatic carbocycles. The molecule has 24 heavy (non-hydrogen) atoms. The van der Waals surface area contributed by atoms with E-state index in [1.165, 1.54) is 0 Å². The summed E-state index contributed by atoms with van der Waals surface area (Å²) >= 11 is 0. The maximum absolute atomic E-state index is 13.9. The van der Waals surface area contributed by atoms with Crippen LogP contribution < -0.4 is 0 Å². The van der Waals surface area contributed by atoms with Crippen molar-refractivity contribution in [3.63, 3.8) is 0 Å². The van der Waals surface area contributed by atoms with Gasteiger partial charge in [0.1, 0.15) is 0 Å². The number of halogens is 10. The normalized spacial score (nSPS) is 16.1. The molecule has 0 aliphatic rings. The van der Waals surface area contributed by atoms with Crippen LogP contribution in [0, 0.1) is 0 Å². The van der Waals surface area contributed by atoms with E-state index >= 15 is 0 Å². The number of rotatable bonds is 8. The van der Waals surface area contributed by atoms with Crippen molar-refractivity contribution in [2.75, 3.05) is 27.7 Å². The summed E-state index contributed by atoms with van der Waals surface area (Å²) in [5.41, 5.74) is -4.82. The fourth-order valence-corrected chi connectivity index (χ4v) is 1.65. The van der Waals surface area contributed by atoms with Crippen LogP contribution in [0.1, 0.15) is 6.42 Å². The number of nitrogens with zero attached hydrogens (tertiary/aromatic N) is 1. The van der Waals surface area contributed by atoms with Crippen molar-refractivity contribution in [1.82, 2.24) is 4.90 Å². The third kappa shape index (κ3) is 4.23. The van der Waals surface area contributed by atoms with E-state index in [1.54, 1.807) is 0 Å². The Balaban J connectivity index is 6.10. The van der Waals surface area contributed by atoms with Crippen molar-refractivity contribution in [2.24, 2.45) is 0 Å².